The maximum atomic E-state index is 13.1. The molecule has 1 heterocycles. The highest BCUT2D eigenvalue weighted by Gasteiger charge is 2.14. The third-order valence-corrected chi connectivity index (χ3v) is 4.45. The van der Waals surface area contributed by atoms with Gasteiger partial charge in [-0.25, -0.2) is 4.39 Å². The highest BCUT2D eigenvalue weighted by atomic mass is 127. The number of guanidine groups is 1. The molecule has 0 radical (unpaired) electrons. The largest absolute Gasteiger partial charge is 0.375 e. The molecule has 1 N–H and O–H groups in total. The molecular formula is C18H25BrFIN4O. The number of halogens is 3. The Balaban J connectivity index is 0.00000338. The molecule has 1 aromatic carbocycles. The summed E-state index contributed by atoms with van der Waals surface area (Å²) in [6.45, 7) is 1.26. The third-order valence-electron chi connectivity index (χ3n) is 4.02. The van der Waals surface area contributed by atoms with Crippen LogP contribution in [0, 0.1) is 5.82 Å². The van der Waals surface area contributed by atoms with Crippen molar-refractivity contribution in [2.45, 2.75) is 12.6 Å². The van der Waals surface area contributed by atoms with E-state index in [1.54, 1.807) is 26.3 Å². The molecule has 1 unspecified atom stereocenters. The van der Waals surface area contributed by atoms with Gasteiger partial charge < -0.3 is 19.5 Å². The Morgan fingerprint density at radius 1 is 1.38 bits per heavy atom. The van der Waals surface area contributed by atoms with Crippen LogP contribution < -0.4 is 5.32 Å². The molecule has 0 saturated heterocycles. The zero-order valence-corrected chi connectivity index (χ0v) is 19.3. The number of aryl methyl sites for hydroxylation is 1. The van der Waals surface area contributed by atoms with Gasteiger partial charge in [-0.3, -0.25) is 4.99 Å². The van der Waals surface area contributed by atoms with E-state index in [0.29, 0.717) is 6.54 Å². The van der Waals surface area contributed by atoms with Crippen LogP contribution in [0.3, 0.4) is 0 Å². The van der Waals surface area contributed by atoms with E-state index in [0.717, 1.165) is 22.5 Å². The fraction of sp³-hybridized carbons (Fsp3) is 0.389. The van der Waals surface area contributed by atoms with Gasteiger partial charge in [0.15, 0.2) is 5.96 Å². The minimum absolute atomic E-state index is 0. The van der Waals surface area contributed by atoms with Gasteiger partial charge in [0, 0.05) is 51.2 Å². The molecule has 2 rings (SSSR count). The Morgan fingerprint density at radius 2 is 2.04 bits per heavy atom. The molecule has 0 spiro atoms. The zero-order chi connectivity index (χ0) is 18.4. The first-order valence-corrected chi connectivity index (χ1v) is 8.74. The number of rotatable bonds is 6. The third kappa shape index (κ3) is 6.24. The highest BCUT2D eigenvalue weighted by Crippen LogP contribution is 2.17. The summed E-state index contributed by atoms with van der Waals surface area (Å²) in [6.07, 6.45) is 1.84. The summed E-state index contributed by atoms with van der Waals surface area (Å²) < 4.78 is 21.7. The fourth-order valence-electron chi connectivity index (χ4n) is 2.62. The lowest BCUT2D eigenvalue weighted by atomic mass is 10.1. The van der Waals surface area contributed by atoms with Crippen molar-refractivity contribution in [3.8, 4) is 0 Å². The van der Waals surface area contributed by atoms with Crippen LogP contribution in [0.5, 0.6) is 0 Å². The van der Waals surface area contributed by atoms with Gasteiger partial charge in [0.2, 0.25) is 0 Å². The quantitative estimate of drug-likeness (QED) is 0.344. The normalized spacial score (nSPS) is 12.5. The van der Waals surface area contributed by atoms with E-state index < -0.39 is 0 Å². The minimum Gasteiger partial charge on any atom is -0.375 e. The lowest BCUT2D eigenvalue weighted by Crippen LogP contribution is -2.40. The molecule has 8 heteroatoms. The van der Waals surface area contributed by atoms with Crippen LogP contribution in [0.1, 0.15) is 17.4 Å². The van der Waals surface area contributed by atoms with E-state index in [2.05, 4.69) is 36.9 Å². The van der Waals surface area contributed by atoms with Gasteiger partial charge in [0.05, 0.1) is 12.6 Å². The standard InChI is InChI=1S/C18H24BrFN4O.HI/c1-21-18(24(3)12-16-9-14(19)11-23(16)2)22-10-17(25-4)13-5-7-15(20)8-6-13;/h5-9,11,17H,10,12H2,1-4H3,(H,21,22);1H. The van der Waals surface area contributed by atoms with E-state index in [1.165, 1.54) is 17.8 Å². The SMILES string of the molecule is CN=C(NCC(OC)c1ccc(F)cc1)N(C)Cc1cc(Br)cn1C.I. The van der Waals surface area contributed by atoms with Crippen molar-refractivity contribution < 1.29 is 9.13 Å². The highest BCUT2D eigenvalue weighted by molar-refractivity contribution is 14.0. The smallest absolute Gasteiger partial charge is 0.193 e. The summed E-state index contributed by atoms with van der Waals surface area (Å²) in [5, 5.41) is 3.32. The van der Waals surface area contributed by atoms with E-state index in [4.69, 9.17) is 4.74 Å². The van der Waals surface area contributed by atoms with E-state index in [9.17, 15) is 4.39 Å². The number of methoxy groups -OCH3 is 1. The van der Waals surface area contributed by atoms with Gasteiger partial charge >= 0.3 is 0 Å². The van der Waals surface area contributed by atoms with Crippen molar-refractivity contribution in [3.05, 3.63) is 58.1 Å². The van der Waals surface area contributed by atoms with Gasteiger partial charge in [-0.05, 0) is 39.7 Å². The lowest BCUT2D eigenvalue weighted by molar-refractivity contribution is 0.106. The van der Waals surface area contributed by atoms with Crippen molar-refractivity contribution in [1.82, 2.24) is 14.8 Å². The summed E-state index contributed by atoms with van der Waals surface area (Å²) in [7, 11) is 7.39. The van der Waals surface area contributed by atoms with E-state index >= 15 is 0 Å². The molecule has 0 aliphatic carbocycles. The molecule has 1 aromatic heterocycles. The second kappa shape index (κ2) is 10.9. The fourth-order valence-corrected chi connectivity index (χ4v) is 3.20. The minimum atomic E-state index is -0.254. The predicted octanol–water partition coefficient (Wildman–Crippen LogP) is 3.94. The predicted molar refractivity (Wildman–Crippen MR) is 118 cm³/mol. The van der Waals surface area contributed by atoms with Crippen LogP contribution in [-0.4, -0.2) is 43.2 Å². The number of nitrogens with zero attached hydrogens (tertiary/aromatic N) is 3. The van der Waals surface area contributed by atoms with Crippen molar-refractivity contribution in [3.63, 3.8) is 0 Å². The zero-order valence-electron chi connectivity index (χ0n) is 15.4. The number of hydrogen-bond acceptors (Lipinski definition) is 2. The molecule has 26 heavy (non-hydrogen) atoms. The van der Waals surface area contributed by atoms with Crippen LogP contribution >= 0.6 is 39.9 Å². The average molecular weight is 539 g/mol. The first kappa shape index (κ1) is 22.9. The molecular weight excluding hydrogens is 514 g/mol. The number of aromatic nitrogens is 1. The summed E-state index contributed by atoms with van der Waals surface area (Å²) in [5.41, 5.74) is 2.08. The molecule has 5 nitrogen and oxygen atoms in total. The van der Waals surface area contributed by atoms with E-state index in [1.807, 2.05) is 25.2 Å². The summed E-state index contributed by atoms with van der Waals surface area (Å²) in [4.78, 5) is 6.37. The van der Waals surface area contributed by atoms with Crippen LogP contribution in [0.15, 0.2) is 46.0 Å². The second-order valence-electron chi connectivity index (χ2n) is 5.82. The first-order valence-electron chi connectivity index (χ1n) is 7.95. The Kier molecular flexibility index (Phi) is 9.59. The summed E-state index contributed by atoms with van der Waals surface area (Å²) in [5.74, 6) is 0.511. The van der Waals surface area contributed by atoms with Crippen molar-refractivity contribution in [1.29, 1.82) is 0 Å². The number of hydrogen-bond donors (Lipinski definition) is 1. The van der Waals surface area contributed by atoms with E-state index in [-0.39, 0.29) is 35.9 Å². The summed E-state index contributed by atoms with van der Waals surface area (Å²) >= 11 is 3.49. The number of benzene rings is 1. The van der Waals surface area contributed by atoms with Crippen molar-refractivity contribution >= 4 is 45.9 Å². The summed E-state index contributed by atoms with van der Waals surface area (Å²) in [6, 6.07) is 8.43. The molecule has 144 valence electrons. The second-order valence-corrected chi connectivity index (χ2v) is 6.74. The topological polar surface area (TPSA) is 41.8 Å². The van der Waals surface area contributed by atoms with Crippen LogP contribution in [0.25, 0.3) is 0 Å². The van der Waals surface area contributed by atoms with Gasteiger partial charge in [-0.1, -0.05) is 12.1 Å². The lowest BCUT2D eigenvalue weighted by Gasteiger charge is -2.24. The molecule has 0 aliphatic rings. The number of aliphatic imine (C=N–C) groups is 1. The Labute approximate surface area is 179 Å². The van der Waals surface area contributed by atoms with Crippen LogP contribution in [0.4, 0.5) is 4.39 Å². The monoisotopic (exact) mass is 538 g/mol. The van der Waals surface area contributed by atoms with Gasteiger partial charge in [0.25, 0.3) is 0 Å². The first-order chi connectivity index (χ1) is 11.9. The molecule has 2 aromatic rings. The Morgan fingerprint density at radius 3 is 2.54 bits per heavy atom. The number of nitrogens with one attached hydrogen (secondary N) is 1. The van der Waals surface area contributed by atoms with Gasteiger partial charge in [0.1, 0.15) is 5.82 Å². The van der Waals surface area contributed by atoms with Gasteiger partial charge in [-0.2, -0.15) is 0 Å². The van der Waals surface area contributed by atoms with Crippen LogP contribution in [0.2, 0.25) is 0 Å². The molecule has 0 fully saturated rings. The Hall–Kier alpha value is -1.13. The van der Waals surface area contributed by atoms with Crippen molar-refractivity contribution in [2.24, 2.45) is 12.0 Å². The maximum Gasteiger partial charge on any atom is 0.193 e. The molecule has 1 atom stereocenters. The molecule has 0 aliphatic heterocycles. The Bertz CT molecular complexity index is 720. The molecule has 0 saturated carbocycles. The number of ether oxygens (including phenoxy) is 1. The molecule has 0 amide bonds. The van der Waals surface area contributed by atoms with Crippen molar-refractivity contribution in [2.75, 3.05) is 27.7 Å². The average Bonchev–Trinajstić information content (AvgIpc) is 2.90. The maximum absolute atomic E-state index is 13.1. The molecule has 0 bridgehead atoms. The van der Waals surface area contributed by atoms with Gasteiger partial charge in [-0.15, -0.1) is 24.0 Å². The van der Waals surface area contributed by atoms with Crippen LogP contribution in [-0.2, 0) is 18.3 Å².